The van der Waals surface area contributed by atoms with Crippen LogP contribution in [0.1, 0.15) is 60.4 Å². The van der Waals surface area contributed by atoms with E-state index in [0.717, 1.165) is 46.2 Å². The van der Waals surface area contributed by atoms with Crippen LogP contribution in [0.3, 0.4) is 0 Å². The van der Waals surface area contributed by atoms with E-state index >= 15 is 0 Å². The van der Waals surface area contributed by atoms with Crippen LogP contribution in [0.2, 0.25) is 0 Å². The molecule has 1 aliphatic heterocycles. The zero-order valence-electron chi connectivity index (χ0n) is 21.7. The van der Waals surface area contributed by atoms with Gasteiger partial charge in [-0.1, -0.05) is 67.4 Å². The molecule has 1 fully saturated rings. The Kier molecular flexibility index (Phi) is 8.07. The van der Waals surface area contributed by atoms with E-state index in [9.17, 15) is 9.59 Å². The Morgan fingerprint density at radius 3 is 2.42 bits per heavy atom. The number of amides is 1. The van der Waals surface area contributed by atoms with Gasteiger partial charge in [0.05, 0.1) is 12.5 Å². The number of aromatic nitrogens is 1. The largest absolute Gasteiger partial charge is 0.481 e. The first-order valence-electron chi connectivity index (χ1n) is 13.6. The minimum absolute atomic E-state index is 0.0495. The molecule has 1 atom stereocenters. The Labute approximate surface area is 223 Å². The van der Waals surface area contributed by atoms with Crippen molar-refractivity contribution in [3.63, 3.8) is 0 Å². The summed E-state index contributed by atoms with van der Waals surface area (Å²) in [6, 6.07) is 24.3. The lowest BCUT2D eigenvalue weighted by molar-refractivity contribution is -0.137. The van der Waals surface area contributed by atoms with E-state index in [1.165, 1.54) is 31.4 Å². The summed E-state index contributed by atoms with van der Waals surface area (Å²) >= 11 is 0. The number of aromatic amines is 1. The molecular formula is C32H35N3O3. The molecule has 0 radical (unpaired) electrons. The maximum atomic E-state index is 13.5. The van der Waals surface area contributed by atoms with E-state index < -0.39 is 5.97 Å². The molecule has 3 aromatic carbocycles. The summed E-state index contributed by atoms with van der Waals surface area (Å²) in [5.74, 6) is -0.867. The number of hydrogen-bond donors (Lipinski definition) is 3. The second-order valence-corrected chi connectivity index (χ2v) is 10.1. The highest BCUT2D eigenvalue weighted by molar-refractivity contribution is 5.86. The molecule has 1 aliphatic rings. The first kappa shape index (κ1) is 25.6. The Morgan fingerprint density at radius 1 is 0.921 bits per heavy atom. The predicted molar refractivity (Wildman–Crippen MR) is 152 cm³/mol. The molecule has 5 rings (SSSR count). The van der Waals surface area contributed by atoms with Gasteiger partial charge in [0.25, 0.3) is 0 Å². The SMILES string of the molecule is O=C(O)CCc1c[nH]c2ccc(CC(=O)NC(c3ccccc3)c3ccccc3N3CCCCCC3)cc12. The fourth-order valence-corrected chi connectivity index (χ4v) is 5.50. The van der Waals surface area contributed by atoms with Crippen LogP contribution in [-0.4, -0.2) is 35.1 Å². The van der Waals surface area contributed by atoms with E-state index in [0.29, 0.717) is 6.42 Å². The fraction of sp³-hybridized carbons (Fsp3) is 0.312. The minimum atomic E-state index is -0.817. The van der Waals surface area contributed by atoms with E-state index in [1.54, 1.807) is 0 Å². The predicted octanol–water partition coefficient (Wildman–Crippen LogP) is 6.01. The topological polar surface area (TPSA) is 85.4 Å². The smallest absolute Gasteiger partial charge is 0.303 e. The minimum Gasteiger partial charge on any atom is -0.481 e. The Balaban J connectivity index is 1.40. The quantitative estimate of drug-likeness (QED) is 0.258. The van der Waals surface area contributed by atoms with Crippen molar-refractivity contribution in [2.24, 2.45) is 0 Å². The maximum Gasteiger partial charge on any atom is 0.303 e. The van der Waals surface area contributed by atoms with Crippen molar-refractivity contribution in [2.75, 3.05) is 18.0 Å². The summed E-state index contributed by atoms with van der Waals surface area (Å²) in [7, 11) is 0. The lowest BCUT2D eigenvalue weighted by Gasteiger charge is -2.29. The number of nitrogens with zero attached hydrogens (tertiary/aromatic N) is 1. The molecule has 1 unspecified atom stereocenters. The number of fused-ring (bicyclic) bond motifs is 1. The van der Waals surface area contributed by atoms with Gasteiger partial charge in [0.1, 0.15) is 0 Å². The fourth-order valence-electron chi connectivity index (χ4n) is 5.50. The van der Waals surface area contributed by atoms with Crippen molar-refractivity contribution in [3.05, 3.63) is 101 Å². The Morgan fingerprint density at radius 2 is 1.66 bits per heavy atom. The molecule has 0 spiro atoms. The summed E-state index contributed by atoms with van der Waals surface area (Å²) in [4.78, 5) is 30.2. The van der Waals surface area contributed by atoms with Gasteiger partial charge in [-0.2, -0.15) is 0 Å². The van der Waals surface area contributed by atoms with E-state index in [-0.39, 0.29) is 24.8 Å². The molecule has 4 aromatic rings. The second-order valence-electron chi connectivity index (χ2n) is 10.1. The molecular weight excluding hydrogens is 474 g/mol. The first-order chi connectivity index (χ1) is 18.6. The van der Waals surface area contributed by atoms with Gasteiger partial charge in [-0.25, -0.2) is 0 Å². The van der Waals surface area contributed by atoms with Gasteiger partial charge in [-0.05, 0) is 54.2 Å². The Bertz CT molecular complexity index is 1390. The average Bonchev–Trinajstić information content (AvgIpc) is 3.13. The number of aryl methyl sites for hydroxylation is 1. The van der Waals surface area contributed by atoms with Crippen LogP contribution >= 0.6 is 0 Å². The third-order valence-electron chi connectivity index (χ3n) is 7.44. The molecule has 6 nitrogen and oxygen atoms in total. The molecule has 0 aliphatic carbocycles. The zero-order valence-corrected chi connectivity index (χ0v) is 21.7. The van der Waals surface area contributed by atoms with Crippen LogP contribution in [0.5, 0.6) is 0 Å². The number of carboxylic acid groups (broad SMARTS) is 1. The first-order valence-corrected chi connectivity index (χ1v) is 13.6. The molecule has 1 saturated heterocycles. The van der Waals surface area contributed by atoms with Crippen molar-refractivity contribution in [1.82, 2.24) is 10.3 Å². The van der Waals surface area contributed by atoms with Crippen LogP contribution in [0.4, 0.5) is 5.69 Å². The van der Waals surface area contributed by atoms with Gasteiger partial charge < -0.3 is 20.3 Å². The molecule has 6 heteroatoms. The molecule has 196 valence electrons. The normalized spacial score (nSPS) is 14.7. The summed E-state index contributed by atoms with van der Waals surface area (Å²) in [6.45, 7) is 2.07. The van der Waals surface area contributed by atoms with Crippen LogP contribution in [-0.2, 0) is 22.4 Å². The monoisotopic (exact) mass is 509 g/mol. The van der Waals surface area contributed by atoms with Crippen molar-refractivity contribution in [1.29, 1.82) is 0 Å². The van der Waals surface area contributed by atoms with E-state index in [2.05, 4.69) is 51.6 Å². The van der Waals surface area contributed by atoms with Crippen LogP contribution < -0.4 is 10.2 Å². The highest BCUT2D eigenvalue weighted by Crippen LogP contribution is 2.32. The van der Waals surface area contributed by atoms with Gasteiger partial charge in [0, 0.05) is 47.9 Å². The van der Waals surface area contributed by atoms with Crippen LogP contribution in [0.15, 0.2) is 79.0 Å². The van der Waals surface area contributed by atoms with E-state index in [1.807, 2.05) is 42.6 Å². The number of hydrogen-bond acceptors (Lipinski definition) is 3. The molecule has 2 heterocycles. The number of rotatable bonds is 9. The number of aliphatic carboxylic acids is 1. The van der Waals surface area contributed by atoms with Crippen molar-refractivity contribution in [3.8, 4) is 0 Å². The van der Waals surface area contributed by atoms with E-state index in [4.69, 9.17) is 5.11 Å². The number of nitrogens with one attached hydrogen (secondary N) is 2. The number of H-pyrrole nitrogens is 1. The van der Waals surface area contributed by atoms with Crippen molar-refractivity contribution in [2.45, 2.75) is 51.0 Å². The van der Waals surface area contributed by atoms with Gasteiger partial charge in [-0.15, -0.1) is 0 Å². The van der Waals surface area contributed by atoms with Crippen LogP contribution in [0.25, 0.3) is 10.9 Å². The summed E-state index contributed by atoms with van der Waals surface area (Å²) in [5.41, 5.74) is 6.17. The number of para-hydroxylation sites is 1. The lowest BCUT2D eigenvalue weighted by atomic mass is 9.95. The summed E-state index contributed by atoms with van der Waals surface area (Å²) in [6.07, 6.45) is 7.54. The molecule has 38 heavy (non-hydrogen) atoms. The standard InChI is InChI=1S/C32H35N3O3/c36-30(21-23-14-16-28-27(20-23)25(22-33-28)15-17-31(37)38)34-32(24-10-4-3-5-11-24)26-12-6-7-13-29(26)35-18-8-1-2-9-19-35/h3-7,10-14,16,20,22,32-33H,1-2,8-9,15,17-19,21H2,(H,34,36)(H,37,38). The summed E-state index contributed by atoms with van der Waals surface area (Å²) in [5, 5.41) is 13.4. The number of carbonyl (C=O) groups excluding carboxylic acids is 1. The van der Waals surface area contributed by atoms with Crippen LogP contribution in [0, 0.1) is 0 Å². The van der Waals surface area contributed by atoms with Crippen molar-refractivity contribution < 1.29 is 14.7 Å². The zero-order chi connectivity index (χ0) is 26.3. The third-order valence-corrected chi connectivity index (χ3v) is 7.44. The number of carbonyl (C=O) groups is 2. The Hall–Kier alpha value is -4.06. The van der Waals surface area contributed by atoms with Crippen molar-refractivity contribution >= 4 is 28.5 Å². The van der Waals surface area contributed by atoms with Gasteiger partial charge in [-0.3, -0.25) is 9.59 Å². The third kappa shape index (κ3) is 6.08. The number of benzene rings is 3. The molecule has 1 amide bonds. The second kappa shape index (κ2) is 12.0. The molecule has 1 aromatic heterocycles. The maximum absolute atomic E-state index is 13.5. The summed E-state index contributed by atoms with van der Waals surface area (Å²) < 4.78 is 0. The number of anilines is 1. The number of carboxylic acids is 1. The van der Waals surface area contributed by atoms with Gasteiger partial charge in [0.2, 0.25) is 5.91 Å². The molecule has 0 bridgehead atoms. The molecule has 0 saturated carbocycles. The lowest BCUT2D eigenvalue weighted by Crippen LogP contribution is -2.33. The molecule has 3 N–H and O–H groups in total. The van der Waals surface area contributed by atoms with Gasteiger partial charge >= 0.3 is 5.97 Å². The highest BCUT2D eigenvalue weighted by Gasteiger charge is 2.23. The average molecular weight is 510 g/mol. The highest BCUT2D eigenvalue weighted by atomic mass is 16.4. The van der Waals surface area contributed by atoms with Gasteiger partial charge in [0.15, 0.2) is 0 Å².